The first-order chi connectivity index (χ1) is 7.67. The minimum Gasteiger partial charge on any atom is -0.497 e. The summed E-state index contributed by atoms with van der Waals surface area (Å²) in [4.78, 5) is 14.2. The van der Waals surface area contributed by atoms with Crippen molar-refractivity contribution in [3.63, 3.8) is 0 Å². The fourth-order valence-corrected chi connectivity index (χ4v) is 1.71. The lowest BCUT2D eigenvalue weighted by Gasteiger charge is -2.05. The number of ether oxygens (including phenoxy) is 1. The first-order valence-electron chi connectivity index (χ1n) is 4.78. The summed E-state index contributed by atoms with van der Waals surface area (Å²) >= 11 is 0. The predicted molar refractivity (Wildman–Crippen MR) is 60.6 cm³/mol. The molecule has 0 fully saturated rings. The molecule has 4 nitrogen and oxygen atoms in total. The fourth-order valence-electron chi connectivity index (χ4n) is 1.71. The van der Waals surface area contributed by atoms with Crippen LogP contribution in [0.3, 0.4) is 0 Å². The summed E-state index contributed by atoms with van der Waals surface area (Å²) in [7, 11) is 1.57. The van der Waals surface area contributed by atoms with Crippen molar-refractivity contribution in [2.75, 3.05) is 7.11 Å². The Bertz CT molecular complexity index is 650. The van der Waals surface area contributed by atoms with Gasteiger partial charge in [0.1, 0.15) is 17.4 Å². The standard InChI is InChI=1S/C12H10N2O2/c1-7-9-4-3-8(16-2)5-11(9)14-12(15)10(7)6-13/h3-5H,1-2H3,(H,14,15). The molecule has 0 aliphatic carbocycles. The van der Waals surface area contributed by atoms with Crippen molar-refractivity contribution < 1.29 is 4.74 Å². The molecular weight excluding hydrogens is 204 g/mol. The number of H-pyrrole nitrogens is 1. The number of methoxy groups -OCH3 is 1. The Balaban J connectivity index is 2.88. The molecule has 0 spiro atoms. The van der Waals surface area contributed by atoms with E-state index in [9.17, 15) is 4.79 Å². The molecule has 0 bridgehead atoms. The lowest BCUT2D eigenvalue weighted by atomic mass is 10.1. The zero-order chi connectivity index (χ0) is 11.7. The van der Waals surface area contributed by atoms with Gasteiger partial charge in [0.15, 0.2) is 0 Å². The molecule has 0 aliphatic rings. The van der Waals surface area contributed by atoms with Crippen molar-refractivity contribution in [1.29, 1.82) is 5.26 Å². The van der Waals surface area contributed by atoms with Gasteiger partial charge in [0.25, 0.3) is 5.56 Å². The number of rotatable bonds is 1. The molecule has 1 aromatic carbocycles. The van der Waals surface area contributed by atoms with Gasteiger partial charge in [0, 0.05) is 11.5 Å². The van der Waals surface area contributed by atoms with E-state index in [4.69, 9.17) is 10.00 Å². The predicted octanol–water partition coefficient (Wildman–Crippen LogP) is 1.72. The van der Waals surface area contributed by atoms with Gasteiger partial charge in [-0.25, -0.2) is 0 Å². The number of pyridine rings is 1. The third kappa shape index (κ3) is 1.43. The second-order valence-corrected chi connectivity index (χ2v) is 3.48. The molecule has 2 aromatic rings. The number of nitrogens with zero attached hydrogens (tertiary/aromatic N) is 1. The molecule has 0 unspecified atom stereocenters. The van der Waals surface area contributed by atoms with Gasteiger partial charge in [0.05, 0.1) is 12.6 Å². The lowest BCUT2D eigenvalue weighted by Crippen LogP contribution is -2.12. The Kier molecular flexibility index (Phi) is 2.37. The maximum absolute atomic E-state index is 11.6. The highest BCUT2D eigenvalue weighted by atomic mass is 16.5. The van der Waals surface area contributed by atoms with Crippen LogP contribution in [-0.2, 0) is 0 Å². The number of fused-ring (bicyclic) bond motifs is 1. The number of nitriles is 1. The van der Waals surface area contributed by atoms with E-state index in [0.29, 0.717) is 16.8 Å². The zero-order valence-corrected chi connectivity index (χ0v) is 9.00. The smallest absolute Gasteiger partial charge is 0.266 e. The monoisotopic (exact) mass is 214 g/mol. The molecule has 0 atom stereocenters. The topological polar surface area (TPSA) is 65.9 Å². The maximum atomic E-state index is 11.6. The van der Waals surface area contributed by atoms with Gasteiger partial charge in [0.2, 0.25) is 0 Å². The molecule has 2 rings (SSSR count). The van der Waals surface area contributed by atoms with Crippen LogP contribution >= 0.6 is 0 Å². The van der Waals surface area contributed by atoms with Crippen molar-refractivity contribution in [3.8, 4) is 11.8 Å². The Morgan fingerprint density at radius 1 is 1.44 bits per heavy atom. The van der Waals surface area contributed by atoms with Gasteiger partial charge in [-0.15, -0.1) is 0 Å². The second kappa shape index (κ2) is 3.70. The Morgan fingerprint density at radius 2 is 2.19 bits per heavy atom. The highest BCUT2D eigenvalue weighted by Crippen LogP contribution is 2.21. The molecule has 0 saturated heterocycles. The van der Waals surface area contributed by atoms with Crippen LogP contribution in [0.5, 0.6) is 5.75 Å². The Morgan fingerprint density at radius 3 is 2.81 bits per heavy atom. The van der Waals surface area contributed by atoms with Crippen LogP contribution in [0.2, 0.25) is 0 Å². The van der Waals surface area contributed by atoms with Crippen molar-refractivity contribution >= 4 is 10.9 Å². The SMILES string of the molecule is COc1ccc2c(C)c(C#N)c(=O)[nH]c2c1. The quantitative estimate of drug-likeness (QED) is 0.785. The van der Waals surface area contributed by atoms with Crippen molar-refractivity contribution in [3.05, 3.63) is 39.7 Å². The summed E-state index contributed by atoms with van der Waals surface area (Å²) in [5, 5.41) is 9.72. The van der Waals surface area contributed by atoms with Crippen molar-refractivity contribution in [1.82, 2.24) is 4.98 Å². The van der Waals surface area contributed by atoms with Crippen LogP contribution in [0.15, 0.2) is 23.0 Å². The number of aromatic nitrogens is 1. The van der Waals surface area contributed by atoms with Crippen LogP contribution < -0.4 is 10.3 Å². The van der Waals surface area contributed by atoms with Crippen LogP contribution in [0, 0.1) is 18.3 Å². The highest BCUT2D eigenvalue weighted by molar-refractivity contribution is 5.84. The average molecular weight is 214 g/mol. The maximum Gasteiger partial charge on any atom is 0.266 e. The first-order valence-corrected chi connectivity index (χ1v) is 4.78. The molecule has 1 heterocycles. The summed E-state index contributed by atoms with van der Waals surface area (Å²) in [5.41, 5.74) is 1.18. The average Bonchev–Trinajstić information content (AvgIpc) is 2.28. The number of aryl methyl sites for hydroxylation is 1. The molecular formula is C12H10N2O2. The molecule has 0 saturated carbocycles. The summed E-state index contributed by atoms with van der Waals surface area (Å²) in [5.74, 6) is 0.673. The number of hydrogen-bond acceptors (Lipinski definition) is 3. The number of aromatic amines is 1. The second-order valence-electron chi connectivity index (χ2n) is 3.48. The van der Waals surface area contributed by atoms with E-state index < -0.39 is 0 Å². The fraction of sp³-hybridized carbons (Fsp3) is 0.167. The molecule has 1 N–H and O–H groups in total. The van der Waals surface area contributed by atoms with Gasteiger partial charge in [-0.2, -0.15) is 5.26 Å². The molecule has 4 heteroatoms. The van der Waals surface area contributed by atoms with E-state index >= 15 is 0 Å². The summed E-state index contributed by atoms with van der Waals surface area (Å²) in [6, 6.07) is 7.28. The van der Waals surface area contributed by atoms with E-state index in [2.05, 4.69) is 4.98 Å². The first kappa shape index (κ1) is 10.2. The van der Waals surface area contributed by atoms with E-state index in [1.54, 1.807) is 26.2 Å². The summed E-state index contributed by atoms with van der Waals surface area (Å²) in [6.07, 6.45) is 0. The van der Waals surface area contributed by atoms with Gasteiger partial charge in [-0.1, -0.05) is 0 Å². The van der Waals surface area contributed by atoms with E-state index in [1.165, 1.54) is 0 Å². The van der Waals surface area contributed by atoms with Crippen molar-refractivity contribution in [2.45, 2.75) is 6.92 Å². The van der Waals surface area contributed by atoms with Crippen LogP contribution in [-0.4, -0.2) is 12.1 Å². The van der Waals surface area contributed by atoms with Crippen LogP contribution in [0.25, 0.3) is 10.9 Å². The normalized spacial score (nSPS) is 10.1. The Labute approximate surface area is 92.1 Å². The van der Waals surface area contributed by atoms with Crippen molar-refractivity contribution in [2.24, 2.45) is 0 Å². The summed E-state index contributed by atoms with van der Waals surface area (Å²) < 4.78 is 5.07. The summed E-state index contributed by atoms with van der Waals surface area (Å²) in [6.45, 7) is 1.77. The van der Waals surface area contributed by atoms with Gasteiger partial charge in [-0.05, 0) is 24.6 Å². The van der Waals surface area contributed by atoms with Crippen LogP contribution in [0.1, 0.15) is 11.1 Å². The van der Waals surface area contributed by atoms with E-state index in [0.717, 1.165) is 5.39 Å². The zero-order valence-electron chi connectivity index (χ0n) is 9.00. The van der Waals surface area contributed by atoms with E-state index in [-0.39, 0.29) is 11.1 Å². The van der Waals surface area contributed by atoms with E-state index in [1.807, 2.05) is 12.1 Å². The van der Waals surface area contributed by atoms with Gasteiger partial charge >= 0.3 is 0 Å². The third-order valence-corrected chi connectivity index (χ3v) is 2.59. The third-order valence-electron chi connectivity index (χ3n) is 2.59. The minimum absolute atomic E-state index is 0.165. The number of benzene rings is 1. The Hall–Kier alpha value is -2.28. The molecule has 1 aromatic heterocycles. The van der Waals surface area contributed by atoms with Crippen LogP contribution in [0.4, 0.5) is 0 Å². The molecule has 16 heavy (non-hydrogen) atoms. The molecule has 0 aliphatic heterocycles. The minimum atomic E-state index is -0.360. The van der Waals surface area contributed by atoms with Gasteiger partial charge in [-0.3, -0.25) is 4.79 Å². The highest BCUT2D eigenvalue weighted by Gasteiger charge is 2.08. The molecule has 80 valence electrons. The largest absolute Gasteiger partial charge is 0.497 e. The number of hydrogen-bond donors (Lipinski definition) is 1. The van der Waals surface area contributed by atoms with Gasteiger partial charge < -0.3 is 9.72 Å². The number of nitrogens with one attached hydrogen (secondary N) is 1. The molecule has 0 radical (unpaired) electrons. The molecule has 0 amide bonds. The lowest BCUT2D eigenvalue weighted by molar-refractivity contribution is 0.415.